The van der Waals surface area contributed by atoms with Crippen molar-refractivity contribution in [2.45, 2.75) is 44.9 Å². The second kappa shape index (κ2) is 12.8. The molecule has 3 unspecified atom stereocenters. The summed E-state index contributed by atoms with van der Waals surface area (Å²) in [5.41, 5.74) is 6.27. The highest BCUT2D eigenvalue weighted by atomic mass is 35.5. The number of azo groups is 1. The number of likely N-dealkylation sites (N-methyl/N-ethyl adjacent to an activating group) is 1. The number of benzene rings is 3. The number of epoxide rings is 1. The van der Waals surface area contributed by atoms with Gasteiger partial charge in [-0.3, -0.25) is 15.0 Å². The molecule has 2 fully saturated rings. The van der Waals surface area contributed by atoms with Crippen LogP contribution in [-0.4, -0.2) is 41.9 Å². The van der Waals surface area contributed by atoms with Gasteiger partial charge in [-0.15, -0.1) is 0 Å². The van der Waals surface area contributed by atoms with Crippen LogP contribution in [0.4, 0.5) is 22.7 Å². The number of nitrogens with zero attached hydrogens (tertiary/aromatic N) is 5. The van der Waals surface area contributed by atoms with Gasteiger partial charge in [0.1, 0.15) is 11.3 Å². The number of hydrazine groups is 1. The second-order valence-electron chi connectivity index (χ2n) is 11.2. The molecule has 9 nitrogen and oxygen atoms in total. The molecule has 2 amide bonds. The van der Waals surface area contributed by atoms with E-state index in [2.05, 4.69) is 20.6 Å². The topological polar surface area (TPSA) is 102 Å². The number of allylic oxidation sites excluding steroid dienone is 2. The largest absolute Gasteiger partial charge is 0.351 e. The van der Waals surface area contributed by atoms with Gasteiger partial charge < -0.3 is 9.64 Å². The number of amides is 2. The lowest BCUT2D eigenvalue weighted by molar-refractivity contribution is -0.120. The average Bonchev–Trinajstić information content (AvgIpc) is 3.60. The van der Waals surface area contributed by atoms with Gasteiger partial charge in [0.15, 0.2) is 11.9 Å². The number of nitrogens with one attached hydrogen (secondary N) is 1. The summed E-state index contributed by atoms with van der Waals surface area (Å²) in [7, 11) is 0. The predicted octanol–water partition coefficient (Wildman–Crippen LogP) is 8.74. The van der Waals surface area contributed by atoms with E-state index in [-0.39, 0.29) is 32.5 Å². The molecule has 236 valence electrons. The van der Waals surface area contributed by atoms with Crippen LogP contribution < -0.4 is 15.3 Å². The maximum Gasteiger partial charge on any atom is 0.280 e. The maximum absolute atomic E-state index is 13.7. The Hall–Kier alpha value is -3.73. The van der Waals surface area contributed by atoms with Crippen LogP contribution in [0.5, 0.6) is 0 Å². The molecule has 0 aromatic heterocycles. The molecule has 0 bridgehead atoms. The highest BCUT2D eigenvalue weighted by Crippen LogP contribution is 2.46. The first-order valence-corrected chi connectivity index (χ1v) is 16.0. The van der Waals surface area contributed by atoms with E-state index in [4.69, 9.17) is 51.1 Å². The van der Waals surface area contributed by atoms with Crippen molar-refractivity contribution in [1.29, 1.82) is 0 Å². The molecule has 2 aliphatic heterocycles. The first-order chi connectivity index (χ1) is 22.0. The van der Waals surface area contributed by atoms with E-state index >= 15 is 0 Å². The van der Waals surface area contributed by atoms with Crippen molar-refractivity contribution in [3.8, 4) is 0 Å². The van der Waals surface area contributed by atoms with Crippen molar-refractivity contribution >= 4 is 86.8 Å². The molecule has 1 spiro atoms. The zero-order valence-electron chi connectivity index (χ0n) is 25.0. The molecule has 3 aliphatic rings. The average molecular weight is 698 g/mol. The predicted molar refractivity (Wildman–Crippen MR) is 183 cm³/mol. The fourth-order valence-corrected chi connectivity index (χ4v) is 6.64. The minimum absolute atomic E-state index is 0.141. The number of carbonyl (C=O) groups excluding carboxylic acids is 2. The van der Waals surface area contributed by atoms with Crippen molar-refractivity contribution in [1.82, 2.24) is 5.43 Å². The van der Waals surface area contributed by atoms with Crippen LogP contribution in [0.3, 0.4) is 0 Å². The van der Waals surface area contributed by atoms with Gasteiger partial charge in [0.25, 0.3) is 11.8 Å². The molecular weight excluding hydrogens is 670 g/mol. The number of hydrogen-bond donors (Lipinski definition) is 1. The molecule has 46 heavy (non-hydrogen) atoms. The molecule has 6 rings (SSSR count). The summed E-state index contributed by atoms with van der Waals surface area (Å²) in [5.74, 6) is -0.526. The number of carbonyl (C=O) groups is 2. The van der Waals surface area contributed by atoms with E-state index in [1.165, 1.54) is 17.1 Å². The molecule has 2 saturated heterocycles. The fraction of sp³-hybridized carbons (Fsp3) is 0.242. The van der Waals surface area contributed by atoms with Gasteiger partial charge in [0.2, 0.25) is 6.04 Å². The molecule has 13 heteroatoms. The Labute approximate surface area is 286 Å². The van der Waals surface area contributed by atoms with E-state index < -0.39 is 23.7 Å². The number of aliphatic imine (C=N–C) groups is 1. The molecule has 0 saturated carbocycles. The van der Waals surface area contributed by atoms with Crippen LogP contribution in [0, 0.1) is 6.92 Å². The fourth-order valence-electron chi connectivity index (χ4n) is 5.44. The molecule has 3 aromatic carbocycles. The number of aryl methyl sites for hydroxylation is 1. The molecule has 1 N–H and O–H groups in total. The van der Waals surface area contributed by atoms with Gasteiger partial charge in [-0.2, -0.15) is 10.2 Å². The zero-order valence-corrected chi connectivity index (χ0v) is 28.0. The zero-order chi connectivity index (χ0) is 32.7. The number of amidine groups is 1. The summed E-state index contributed by atoms with van der Waals surface area (Å²) >= 11 is 25.7. The van der Waals surface area contributed by atoms with Crippen molar-refractivity contribution in [2.24, 2.45) is 15.2 Å². The molecule has 3 atom stereocenters. The Morgan fingerprint density at radius 2 is 1.76 bits per heavy atom. The summed E-state index contributed by atoms with van der Waals surface area (Å²) < 4.78 is 5.91. The lowest BCUT2D eigenvalue weighted by Gasteiger charge is -2.22. The van der Waals surface area contributed by atoms with Crippen LogP contribution in [-0.2, 0) is 14.3 Å². The normalized spacial score (nSPS) is 22.9. The third-order valence-corrected chi connectivity index (χ3v) is 8.89. The molecule has 0 radical (unpaired) electrons. The molecular formula is C33H28Cl4N6O3. The van der Waals surface area contributed by atoms with E-state index in [0.717, 1.165) is 11.1 Å². The van der Waals surface area contributed by atoms with Gasteiger partial charge in [-0.05, 0) is 69.3 Å². The lowest BCUT2D eigenvalue weighted by Crippen LogP contribution is -2.37. The van der Waals surface area contributed by atoms with Crippen LogP contribution in [0.1, 0.15) is 25.8 Å². The van der Waals surface area contributed by atoms with Gasteiger partial charge in [0, 0.05) is 23.7 Å². The third-order valence-electron chi connectivity index (χ3n) is 7.80. The second-order valence-corrected chi connectivity index (χ2v) is 12.8. The summed E-state index contributed by atoms with van der Waals surface area (Å²) in [5, 5.41) is 10.6. The first kappa shape index (κ1) is 32.2. The Balaban J connectivity index is 1.30. The van der Waals surface area contributed by atoms with Crippen LogP contribution in [0.15, 0.2) is 93.6 Å². The molecule has 2 heterocycles. The van der Waals surface area contributed by atoms with E-state index in [0.29, 0.717) is 35.1 Å². The Bertz CT molecular complexity index is 1840. The van der Waals surface area contributed by atoms with Gasteiger partial charge in [-0.25, -0.2) is 10.0 Å². The van der Waals surface area contributed by atoms with Crippen molar-refractivity contribution in [2.75, 3.05) is 16.5 Å². The number of hydrogen-bond acceptors (Lipinski definition) is 6. The van der Waals surface area contributed by atoms with E-state index in [1.807, 2.05) is 51.1 Å². The number of halogens is 4. The first-order valence-electron chi connectivity index (χ1n) is 14.4. The van der Waals surface area contributed by atoms with Crippen molar-refractivity contribution < 1.29 is 14.3 Å². The van der Waals surface area contributed by atoms with Crippen LogP contribution >= 0.6 is 46.4 Å². The Kier molecular flexibility index (Phi) is 8.98. The van der Waals surface area contributed by atoms with Crippen molar-refractivity contribution in [3.05, 3.63) is 104 Å². The summed E-state index contributed by atoms with van der Waals surface area (Å²) in [6, 6.07) is 14.2. The van der Waals surface area contributed by atoms with Gasteiger partial charge in [0.05, 0.1) is 26.4 Å². The monoisotopic (exact) mass is 696 g/mol. The van der Waals surface area contributed by atoms with Gasteiger partial charge >= 0.3 is 0 Å². The quantitative estimate of drug-likeness (QED) is 0.197. The minimum Gasteiger partial charge on any atom is -0.351 e. The number of anilines is 2. The SMILES string of the molecule is CCN(C(=O)C1OC12C=CC=C(C)C2)c1ccc(N=C2NN(c3c(Cl)cc(Cl)cc3Cl)C(=O)C2N=Nc2ccc(C)cc2)c(Cl)c1. The van der Waals surface area contributed by atoms with Crippen LogP contribution in [0.2, 0.25) is 20.1 Å². The van der Waals surface area contributed by atoms with Gasteiger partial charge in [-0.1, -0.05) is 81.8 Å². The summed E-state index contributed by atoms with van der Waals surface area (Å²) in [4.78, 5) is 33.5. The maximum atomic E-state index is 13.7. The third kappa shape index (κ3) is 6.30. The summed E-state index contributed by atoms with van der Waals surface area (Å²) in [6.45, 7) is 6.27. The highest BCUT2D eigenvalue weighted by Gasteiger charge is 2.60. The van der Waals surface area contributed by atoms with E-state index in [9.17, 15) is 9.59 Å². The summed E-state index contributed by atoms with van der Waals surface area (Å²) in [6.07, 6.45) is 5.99. The van der Waals surface area contributed by atoms with Crippen molar-refractivity contribution in [3.63, 3.8) is 0 Å². The molecule has 3 aromatic rings. The smallest absolute Gasteiger partial charge is 0.280 e. The minimum atomic E-state index is -1.17. The number of rotatable bonds is 7. The molecule has 1 aliphatic carbocycles. The van der Waals surface area contributed by atoms with Crippen LogP contribution in [0.25, 0.3) is 0 Å². The van der Waals surface area contributed by atoms with E-state index in [1.54, 1.807) is 35.2 Å². The Morgan fingerprint density at radius 1 is 1.04 bits per heavy atom. The number of ether oxygens (including phenoxy) is 1. The Morgan fingerprint density at radius 3 is 2.41 bits per heavy atom. The standard InChI is InChI=1S/C33H28Cl4N6O3/c1-4-42(32(45)29-33(46-29)13-5-6-19(3)17-33)22-11-12-26(23(35)16-22)38-30-27(40-39-21-9-7-18(2)8-10-21)31(44)43(41-30)28-24(36)14-20(34)15-25(28)37/h5-16,27,29H,4,17H2,1-3H3,(H,38,41). The lowest BCUT2D eigenvalue weighted by atomic mass is 9.91. The highest BCUT2D eigenvalue weighted by molar-refractivity contribution is 6.43.